The van der Waals surface area contributed by atoms with Crippen LogP contribution in [0.15, 0.2) is 53.6 Å². The largest absolute Gasteiger partial charge is 0.383 e. The molecule has 5 rings (SSSR count). The molecule has 0 saturated heterocycles. The van der Waals surface area contributed by atoms with Gasteiger partial charge < -0.3 is 14.9 Å². The Morgan fingerprint density at radius 2 is 2.11 bits per heavy atom. The van der Waals surface area contributed by atoms with Gasteiger partial charge in [-0.25, -0.2) is 0 Å². The Balaban J connectivity index is 1.48. The predicted octanol–water partition coefficient (Wildman–Crippen LogP) is 2.85. The average Bonchev–Trinajstić information content (AvgIpc) is 2.99. The Morgan fingerprint density at radius 1 is 1.22 bits per heavy atom. The number of H-pyrrole nitrogens is 1. The third-order valence-electron chi connectivity index (χ3n) is 6.00. The van der Waals surface area contributed by atoms with Crippen LogP contribution in [0.1, 0.15) is 11.1 Å². The number of rotatable bonds is 3. The number of aryl methyl sites for hydroxylation is 1. The average molecular weight is 360 g/mol. The highest BCUT2D eigenvalue weighted by Gasteiger charge is 2.33. The van der Waals surface area contributed by atoms with E-state index in [-0.39, 0.29) is 5.56 Å². The van der Waals surface area contributed by atoms with Crippen LogP contribution in [0.2, 0.25) is 0 Å². The van der Waals surface area contributed by atoms with E-state index in [0.717, 1.165) is 25.2 Å². The van der Waals surface area contributed by atoms with E-state index in [4.69, 9.17) is 0 Å². The number of fused-ring (bicyclic) bond motifs is 2. The summed E-state index contributed by atoms with van der Waals surface area (Å²) < 4.78 is 2.25. The number of benzene rings is 1. The van der Waals surface area contributed by atoms with Gasteiger partial charge in [0.25, 0.3) is 0 Å². The highest BCUT2D eigenvalue weighted by molar-refractivity contribution is 5.98. The van der Waals surface area contributed by atoms with Gasteiger partial charge in [0.15, 0.2) is 0 Å². The smallest absolute Gasteiger partial charge is 0.248 e. The third kappa shape index (κ3) is 2.70. The van der Waals surface area contributed by atoms with Gasteiger partial charge >= 0.3 is 0 Å². The molecule has 2 atom stereocenters. The SMILES string of the molecule is CN1C[C@H](CNc2ccc(=O)[nH]c2)C=C2c3cccc4c3c(cn4C)C[C@H]21. The maximum Gasteiger partial charge on any atom is 0.248 e. The van der Waals surface area contributed by atoms with Crippen LogP contribution in [0.25, 0.3) is 16.5 Å². The summed E-state index contributed by atoms with van der Waals surface area (Å²) in [5.41, 5.74) is 6.51. The summed E-state index contributed by atoms with van der Waals surface area (Å²) in [5, 5.41) is 4.88. The van der Waals surface area contributed by atoms with Crippen LogP contribution in [-0.4, -0.2) is 40.6 Å². The van der Waals surface area contributed by atoms with Crippen molar-refractivity contribution < 1.29 is 0 Å². The highest BCUT2D eigenvalue weighted by Crippen LogP contribution is 2.41. The Hall–Kier alpha value is -2.79. The molecule has 1 aromatic carbocycles. The molecule has 0 amide bonds. The fourth-order valence-electron chi connectivity index (χ4n) is 4.72. The van der Waals surface area contributed by atoms with Gasteiger partial charge in [0, 0.05) is 61.5 Å². The maximum atomic E-state index is 11.2. The van der Waals surface area contributed by atoms with Crippen LogP contribution in [0.3, 0.4) is 0 Å². The minimum absolute atomic E-state index is 0.0723. The summed E-state index contributed by atoms with van der Waals surface area (Å²) in [4.78, 5) is 16.4. The van der Waals surface area contributed by atoms with Crippen LogP contribution in [0, 0.1) is 5.92 Å². The van der Waals surface area contributed by atoms with Crippen molar-refractivity contribution in [3.8, 4) is 0 Å². The van der Waals surface area contributed by atoms with E-state index in [9.17, 15) is 4.79 Å². The van der Waals surface area contributed by atoms with Crippen molar-refractivity contribution in [1.82, 2.24) is 14.5 Å². The van der Waals surface area contributed by atoms with Gasteiger partial charge in [0.1, 0.15) is 0 Å². The molecule has 1 aliphatic carbocycles. The summed E-state index contributed by atoms with van der Waals surface area (Å²) in [6.07, 6.45) is 7.58. The second-order valence-corrected chi connectivity index (χ2v) is 7.83. The molecule has 3 heterocycles. The van der Waals surface area contributed by atoms with Gasteiger partial charge in [-0.15, -0.1) is 0 Å². The second kappa shape index (κ2) is 6.13. The lowest BCUT2D eigenvalue weighted by Crippen LogP contribution is -2.43. The summed E-state index contributed by atoms with van der Waals surface area (Å²) in [6.45, 7) is 1.88. The molecular formula is C22H24N4O. The van der Waals surface area contributed by atoms with E-state index in [2.05, 4.69) is 64.3 Å². The number of likely N-dealkylation sites (N-methyl/N-ethyl adjacent to an activating group) is 1. The zero-order chi connectivity index (χ0) is 18.5. The van der Waals surface area contributed by atoms with E-state index in [0.29, 0.717) is 12.0 Å². The van der Waals surface area contributed by atoms with Crippen molar-refractivity contribution in [3.63, 3.8) is 0 Å². The van der Waals surface area contributed by atoms with Crippen LogP contribution < -0.4 is 10.9 Å². The van der Waals surface area contributed by atoms with Gasteiger partial charge in [0.05, 0.1) is 5.69 Å². The van der Waals surface area contributed by atoms with Crippen molar-refractivity contribution in [3.05, 3.63) is 70.3 Å². The molecule has 0 spiro atoms. The van der Waals surface area contributed by atoms with Crippen LogP contribution >= 0.6 is 0 Å². The monoisotopic (exact) mass is 360 g/mol. The van der Waals surface area contributed by atoms with Crippen LogP contribution in [0.5, 0.6) is 0 Å². The minimum Gasteiger partial charge on any atom is -0.383 e. The first-order valence-corrected chi connectivity index (χ1v) is 9.52. The number of pyridine rings is 1. The zero-order valence-electron chi connectivity index (χ0n) is 15.7. The minimum atomic E-state index is -0.0723. The summed E-state index contributed by atoms with van der Waals surface area (Å²) >= 11 is 0. The van der Waals surface area contributed by atoms with E-state index < -0.39 is 0 Å². The third-order valence-corrected chi connectivity index (χ3v) is 6.00. The Morgan fingerprint density at radius 3 is 2.93 bits per heavy atom. The molecule has 27 heavy (non-hydrogen) atoms. The lowest BCUT2D eigenvalue weighted by Gasteiger charge is -2.40. The predicted molar refractivity (Wildman–Crippen MR) is 110 cm³/mol. The van der Waals surface area contributed by atoms with E-state index in [1.165, 1.54) is 27.6 Å². The number of aromatic amines is 1. The second-order valence-electron chi connectivity index (χ2n) is 7.83. The number of hydrogen-bond donors (Lipinski definition) is 2. The van der Waals surface area contributed by atoms with E-state index >= 15 is 0 Å². The molecule has 2 aliphatic rings. The van der Waals surface area contributed by atoms with E-state index in [1.54, 1.807) is 12.3 Å². The lowest BCUT2D eigenvalue weighted by molar-refractivity contribution is 0.249. The number of nitrogens with one attached hydrogen (secondary N) is 2. The molecule has 138 valence electrons. The lowest BCUT2D eigenvalue weighted by atomic mass is 9.80. The molecule has 2 aromatic heterocycles. The first-order chi connectivity index (χ1) is 13.1. The van der Waals surface area contributed by atoms with E-state index in [1.807, 2.05) is 6.07 Å². The van der Waals surface area contributed by atoms with Crippen molar-refractivity contribution in [2.24, 2.45) is 13.0 Å². The van der Waals surface area contributed by atoms with Gasteiger partial charge in [-0.05, 0) is 42.3 Å². The molecule has 0 fully saturated rings. The number of anilines is 1. The van der Waals surface area contributed by atoms with Crippen molar-refractivity contribution in [2.45, 2.75) is 12.5 Å². The molecule has 5 nitrogen and oxygen atoms in total. The molecule has 3 aromatic rings. The standard InChI is InChI=1S/C22H24N4O/c1-25-12-14(10-23-16-6-7-21(27)24-11-16)8-18-17-4-3-5-19-22(17)15(9-20(18)25)13-26(19)2/h3-8,11,13-14,20,23H,9-10,12H2,1-2H3,(H,24,27)/t14-,20+/m0/s1. The molecule has 5 heteroatoms. The molecule has 0 radical (unpaired) electrons. The van der Waals surface area contributed by atoms with Gasteiger partial charge in [-0.3, -0.25) is 9.69 Å². The summed E-state index contributed by atoms with van der Waals surface area (Å²) in [5.74, 6) is 0.425. The van der Waals surface area contributed by atoms with Gasteiger partial charge in [-0.2, -0.15) is 0 Å². The van der Waals surface area contributed by atoms with Crippen molar-refractivity contribution >= 4 is 22.2 Å². The van der Waals surface area contributed by atoms with Crippen molar-refractivity contribution in [1.29, 1.82) is 0 Å². The Labute approximate surface area is 158 Å². The fourth-order valence-corrected chi connectivity index (χ4v) is 4.72. The summed E-state index contributed by atoms with van der Waals surface area (Å²) in [7, 11) is 4.37. The first kappa shape index (κ1) is 16.4. The Bertz CT molecular complexity index is 1090. The Kier molecular flexibility index (Phi) is 3.72. The van der Waals surface area contributed by atoms with Gasteiger partial charge in [-0.1, -0.05) is 18.2 Å². The molecule has 0 unspecified atom stereocenters. The number of nitrogens with zero attached hydrogens (tertiary/aromatic N) is 2. The molecule has 0 bridgehead atoms. The quantitative estimate of drug-likeness (QED) is 0.755. The topological polar surface area (TPSA) is 53.1 Å². The highest BCUT2D eigenvalue weighted by atomic mass is 16.1. The molecule has 1 aliphatic heterocycles. The van der Waals surface area contributed by atoms with Crippen molar-refractivity contribution in [2.75, 3.05) is 25.5 Å². The number of hydrogen-bond acceptors (Lipinski definition) is 3. The normalized spacial score (nSPS) is 21.8. The van der Waals surface area contributed by atoms with Crippen LogP contribution in [-0.2, 0) is 13.5 Å². The zero-order valence-corrected chi connectivity index (χ0v) is 15.7. The first-order valence-electron chi connectivity index (χ1n) is 9.52. The maximum absolute atomic E-state index is 11.2. The molecule has 2 N–H and O–H groups in total. The molecular weight excluding hydrogens is 336 g/mol. The molecule has 0 saturated carbocycles. The van der Waals surface area contributed by atoms with Gasteiger partial charge in [0.2, 0.25) is 5.56 Å². The fraction of sp³-hybridized carbons (Fsp3) is 0.318. The number of aromatic nitrogens is 2. The summed E-state index contributed by atoms with van der Waals surface area (Å²) in [6, 6.07) is 10.5. The van der Waals surface area contributed by atoms with Crippen LogP contribution in [0.4, 0.5) is 5.69 Å².